The zero-order chi connectivity index (χ0) is 14.6. The van der Waals surface area contributed by atoms with Gasteiger partial charge >= 0.3 is 0 Å². The lowest BCUT2D eigenvalue weighted by molar-refractivity contribution is 0.340. The van der Waals surface area contributed by atoms with Crippen molar-refractivity contribution in [2.24, 2.45) is 0 Å². The largest absolute Gasteiger partial charge is 0.494 e. The normalized spacial score (nSPS) is 13.1. The van der Waals surface area contributed by atoms with Crippen LogP contribution < -0.4 is 9.46 Å². The zero-order valence-electron chi connectivity index (χ0n) is 11.3. The molecule has 6 nitrogen and oxygen atoms in total. The SMILES string of the molecule is CCOc1ccc(C(C)NS(=O)(=O)c2ccn[nH]2)cc1. The molecule has 0 fully saturated rings. The van der Waals surface area contributed by atoms with Gasteiger partial charge in [0.2, 0.25) is 0 Å². The number of hydrogen-bond donors (Lipinski definition) is 2. The van der Waals surface area contributed by atoms with E-state index < -0.39 is 10.0 Å². The second-order valence-corrected chi connectivity index (χ2v) is 5.95. The van der Waals surface area contributed by atoms with Crippen LogP contribution in [-0.4, -0.2) is 25.2 Å². The predicted molar refractivity (Wildman–Crippen MR) is 74.9 cm³/mol. The fourth-order valence-electron chi connectivity index (χ4n) is 1.78. The van der Waals surface area contributed by atoms with Crippen molar-refractivity contribution in [2.75, 3.05) is 6.61 Å². The molecule has 1 atom stereocenters. The maximum absolute atomic E-state index is 12.0. The number of aromatic amines is 1. The van der Waals surface area contributed by atoms with E-state index in [-0.39, 0.29) is 11.1 Å². The summed E-state index contributed by atoms with van der Waals surface area (Å²) in [5.41, 5.74) is 0.858. The van der Waals surface area contributed by atoms with E-state index in [0.717, 1.165) is 11.3 Å². The van der Waals surface area contributed by atoms with Crippen LogP contribution in [0.5, 0.6) is 5.75 Å². The average Bonchev–Trinajstić information content (AvgIpc) is 2.94. The number of hydrogen-bond acceptors (Lipinski definition) is 4. The van der Waals surface area contributed by atoms with Gasteiger partial charge in [-0.3, -0.25) is 5.10 Å². The maximum atomic E-state index is 12.0. The summed E-state index contributed by atoms with van der Waals surface area (Å²) >= 11 is 0. The number of sulfonamides is 1. The lowest BCUT2D eigenvalue weighted by atomic mass is 10.1. The molecule has 0 aliphatic rings. The minimum absolute atomic E-state index is 0.0512. The van der Waals surface area contributed by atoms with E-state index >= 15 is 0 Å². The molecule has 2 aromatic rings. The minimum atomic E-state index is -3.58. The van der Waals surface area contributed by atoms with Crippen molar-refractivity contribution >= 4 is 10.0 Å². The highest BCUT2D eigenvalue weighted by molar-refractivity contribution is 7.89. The van der Waals surface area contributed by atoms with E-state index in [2.05, 4.69) is 14.9 Å². The molecule has 1 unspecified atom stereocenters. The zero-order valence-corrected chi connectivity index (χ0v) is 12.1. The third-order valence-electron chi connectivity index (χ3n) is 2.79. The maximum Gasteiger partial charge on any atom is 0.258 e. The smallest absolute Gasteiger partial charge is 0.258 e. The van der Waals surface area contributed by atoms with Gasteiger partial charge in [0.25, 0.3) is 10.0 Å². The Balaban J connectivity index is 2.10. The first kappa shape index (κ1) is 14.5. The van der Waals surface area contributed by atoms with E-state index in [4.69, 9.17) is 4.74 Å². The highest BCUT2D eigenvalue weighted by atomic mass is 32.2. The van der Waals surface area contributed by atoms with Crippen molar-refractivity contribution < 1.29 is 13.2 Å². The van der Waals surface area contributed by atoms with Crippen molar-refractivity contribution in [1.82, 2.24) is 14.9 Å². The first-order valence-electron chi connectivity index (χ1n) is 6.27. The Morgan fingerprint density at radius 3 is 2.55 bits per heavy atom. The molecule has 0 saturated heterocycles. The minimum Gasteiger partial charge on any atom is -0.494 e. The van der Waals surface area contributed by atoms with Crippen LogP contribution in [0.15, 0.2) is 41.6 Å². The molecule has 0 radical (unpaired) electrons. The Labute approximate surface area is 118 Å². The van der Waals surface area contributed by atoms with Gasteiger partial charge in [-0.25, -0.2) is 13.1 Å². The number of nitrogens with one attached hydrogen (secondary N) is 2. The molecule has 1 aromatic heterocycles. The molecular weight excluding hydrogens is 278 g/mol. The second kappa shape index (κ2) is 6.06. The Kier molecular flexibility index (Phi) is 4.41. The van der Waals surface area contributed by atoms with Crippen LogP contribution >= 0.6 is 0 Å². The first-order chi connectivity index (χ1) is 9.53. The summed E-state index contributed by atoms with van der Waals surface area (Å²) in [5.74, 6) is 0.764. The average molecular weight is 295 g/mol. The van der Waals surface area contributed by atoms with Crippen molar-refractivity contribution in [1.29, 1.82) is 0 Å². The lowest BCUT2D eigenvalue weighted by Crippen LogP contribution is -2.27. The molecule has 0 amide bonds. The molecule has 0 bridgehead atoms. The van der Waals surface area contributed by atoms with Gasteiger partial charge in [0.05, 0.1) is 12.8 Å². The van der Waals surface area contributed by atoms with Crippen LogP contribution in [0.2, 0.25) is 0 Å². The number of nitrogens with zero attached hydrogens (tertiary/aromatic N) is 1. The summed E-state index contributed by atoms with van der Waals surface area (Å²) in [6.07, 6.45) is 1.40. The Hall–Kier alpha value is -1.86. The van der Waals surface area contributed by atoms with E-state index in [0.29, 0.717) is 6.61 Å². The molecule has 1 aromatic carbocycles. The molecule has 20 heavy (non-hydrogen) atoms. The van der Waals surface area contributed by atoms with Crippen LogP contribution in [-0.2, 0) is 10.0 Å². The molecule has 0 spiro atoms. The predicted octanol–water partition coefficient (Wildman–Crippen LogP) is 1.85. The van der Waals surface area contributed by atoms with Crippen molar-refractivity contribution in [2.45, 2.75) is 24.9 Å². The molecular formula is C13H17N3O3S. The van der Waals surface area contributed by atoms with Crippen LogP contribution in [0, 0.1) is 0 Å². The van der Waals surface area contributed by atoms with Crippen LogP contribution in [0.3, 0.4) is 0 Å². The number of aromatic nitrogens is 2. The van der Waals surface area contributed by atoms with Crippen LogP contribution in [0.1, 0.15) is 25.5 Å². The second-order valence-electron chi connectivity index (χ2n) is 4.27. The fraction of sp³-hybridized carbons (Fsp3) is 0.308. The molecule has 108 valence electrons. The van der Waals surface area contributed by atoms with Gasteiger partial charge in [0.1, 0.15) is 5.75 Å². The van der Waals surface area contributed by atoms with Gasteiger partial charge in [0.15, 0.2) is 5.03 Å². The summed E-state index contributed by atoms with van der Waals surface area (Å²) < 4.78 is 32.0. The summed E-state index contributed by atoms with van der Waals surface area (Å²) in [5, 5.41) is 6.13. The summed E-state index contributed by atoms with van der Waals surface area (Å²) in [6, 6.07) is 8.38. The molecule has 7 heteroatoms. The van der Waals surface area contributed by atoms with E-state index in [1.807, 2.05) is 31.2 Å². The Bertz CT molecular complexity index is 636. The lowest BCUT2D eigenvalue weighted by Gasteiger charge is -2.14. The summed E-state index contributed by atoms with van der Waals surface area (Å²) in [6.45, 7) is 4.29. The standard InChI is InChI=1S/C13H17N3O3S/c1-3-19-12-6-4-11(5-7-12)10(2)16-20(17,18)13-8-9-14-15-13/h4-10,16H,3H2,1-2H3,(H,14,15). The van der Waals surface area contributed by atoms with E-state index in [1.54, 1.807) is 6.92 Å². The third-order valence-corrected chi connectivity index (χ3v) is 4.26. The van der Waals surface area contributed by atoms with Gasteiger partial charge in [-0.05, 0) is 37.6 Å². The number of benzene rings is 1. The first-order valence-corrected chi connectivity index (χ1v) is 7.75. The topological polar surface area (TPSA) is 84.1 Å². The Morgan fingerprint density at radius 1 is 1.30 bits per heavy atom. The number of H-pyrrole nitrogens is 1. The summed E-state index contributed by atoms with van der Waals surface area (Å²) in [7, 11) is -3.58. The van der Waals surface area contributed by atoms with Crippen molar-refractivity contribution in [3.8, 4) is 5.75 Å². The highest BCUT2D eigenvalue weighted by Gasteiger charge is 2.19. The molecule has 1 heterocycles. The quantitative estimate of drug-likeness (QED) is 0.851. The van der Waals surface area contributed by atoms with Gasteiger partial charge in [-0.2, -0.15) is 5.10 Å². The van der Waals surface area contributed by atoms with Gasteiger partial charge in [0, 0.05) is 6.04 Å². The molecule has 0 aliphatic carbocycles. The van der Waals surface area contributed by atoms with Gasteiger partial charge in [-0.1, -0.05) is 12.1 Å². The molecule has 2 N–H and O–H groups in total. The molecule has 0 saturated carbocycles. The Morgan fingerprint density at radius 2 is 2.00 bits per heavy atom. The monoisotopic (exact) mass is 295 g/mol. The number of ether oxygens (including phenoxy) is 1. The highest BCUT2D eigenvalue weighted by Crippen LogP contribution is 2.19. The van der Waals surface area contributed by atoms with Crippen molar-refractivity contribution in [3.63, 3.8) is 0 Å². The fourth-order valence-corrected chi connectivity index (χ4v) is 2.92. The van der Waals surface area contributed by atoms with Gasteiger partial charge < -0.3 is 4.74 Å². The van der Waals surface area contributed by atoms with Crippen LogP contribution in [0.25, 0.3) is 0 Å². The molecule has 2 rings (SSSR count). The van der Waals surface area contributed by atoms with Crippen molar-refractivity contribution in [3.05, 3.63) is 42.1 Å². The number of rotatable bonds is 6. The summed E-state index contributed by atoms with van der Waals surface area (Å²) in [4.78, 5) is 0. The third kappa shape index (κ3) is 3.37. The van der Waals surface area contributed by atoms with Crippen LogP contribution in [0.4, 0.5) is 0 Å². The molecule has 0 aliphatic heterocycles. The van der Waals surface area contributed by atoms with Gasteiger partial charge in [-0.15, -0.1) is 0 Å². The van der Waals surface area contributed by atoms with E-state index in [9.17, 15) is 8.42 Å². The van der Waals surface area contributed by atoms with E-state index in [1.165, 1.54) is 12.3 Å².